The highest BCUT2D eigenvalue weighted by molar-refractivity contribution is 5.85. The summed E-state index contributed by atoms with van der Waals surface area (Å²) >= 11 is 0. The molecule has 106 valence electrons. The number of hydrogen-bond donors (Lipinski definition) is 0. The molecule has 2 aromatic carbocycles. The molecule has 0 N–H and O–H groups in total. The first kappa shape index (κ1) is 12.8. The molecule has 0 radical (unpaired) electrons. The summed E-state index contributed by atoms with van der Waals surface area (Å²) in [7, 11) is 0. The molecular weight excluding hydrogens is 256 g/mol. The molecule has 0 bridgehead atoms. The van der Waals surface area contributed by atoms with Gasteiger partial charge in [0.25, 0.3) is 0 Å². The van der Waals surface area contributed by atoms with Gasteiger partial charge in [0.2, 0.25) is 0 Å². The van der Waals surface area contributed by atoms with E-state index in [4.69, 9.17) is 0 Å². The van der Waals surface area contributed by atoms with Gasteiger partial charge in [-0.2, -0.15) is 0 Å². The zero-order chi connectivity index (χ0) is 14.4. The number of carbonyl (C=O) groups excluding carboxylic acids is 1. The van der Waals surface area contributed by atoms with Crippen molar-refractivity contribution in [1.29, 1.82) is 0 Å². The minimum atomic E-state index is 0.258. The van der Waals surface area contributed by atoms with Gasteiger partial charge in [-0.05, 0) is 59.6 Å². The summed E-state index contributed by atoms with van der Waals surface area (Å²) in [5, 5.41) is 0. The fraction of sp³-hybridized carbons (Fsp3) is 0.350. The Labute approximate surface area is 126 Å². The number of benzene rings is 2. The smallest absolute Gasteiger partial charge is 0.138 e. The minimum absolute atomic E-state index is 0.258. The summed E-state index contributed by atoms with van der Waals surface area (Å²) in [4.78, 5) is 12.2. The summed E-state index contributed by atoms with van der Waals surface area (Å²) < 4.78 is 0. The van der Waals surface area contributed by atoms with E-state index in [0.717, 1.165) is 0 Å². The van der Waals surface area contributed by atoms with Gasteiger partial charge in [0.1, 0.15) is 5.78 Å². The van der Waals surface area contributed by atoms with Crippen molar-refractivity contribution in [3.63, 3.8) is 0 Å². The van der Waals surface area contributed by atoms with E-state index < -0.39 is 0 Å². The van der Waals surface area contributed by atoms with Crippen LogP contribution in [0.2, 0.25) is 0 Å². The molecule has 0 amide bonds. The van der Waals surface area contributed by atoms with Crippen molar-refractivity contribution < 1.29 is 4.79 Å². The summed E-state index contributed by atoms with van der Waals surface area (Å²) in [6.07, 6.45) is 4.96. The second-order valence-corrected chi connectivity index (χ2v) is 6.45. The van der Waals surface area contributed by atoms with Crippen LogP contribution in [0.1, 0.15) is 52.1 Å². The number of fused-ring (bicyclic) bond motifs is 2. The number of rotatable bonds is 1. The molecule has 0 aromatic heterocycles. The van der Waals surface area contributed by atoms with E-state index in [1.165, 1.54) is 47.1 Å². The number of carbonyl (C=O) groups is 1. The lowest BCUT2D eigenvalue weighted by atomic mass is 9.74. The molecular formula is C20H20O. The predicted molar refractivity (Wildman–Crippen MR) is 84.8 cm³/mol. The molecule has 2 aliphatic carbocycles. The Kier molecular flexibility index (Phi) is 2.95. The van der Waals surface area contributed by atoms with E-state index in [9.17, 15) is 4.79 Å². The van der Waals surface area contributed by atoms with Crippen molar-refractivity contribution in [2.24, 2.45) is 0 Å². The van der Waals surface area contributed by atoms with Crippen molar-refractivity contribution >= 4 is 5.78 Å². The highest BCUT2D eigenvalue weighted by atomic mass is 16.1. The number of aryl methyl sites for hydroxylation is 1. The zero-order valence-corrected chi connectivity index (χ0v) is 12.5. The summed E-state index contributed by atoms with van der Waals surface area (Å²) in [5.41, 5.74) is 8.53. The molecule has 0 fully saturated rings. The van der Waals surface area contributed by atoms with Gasteiger partial charge < -0.3 is 0 Å². The first-order valence-electron chi connectivity index (χ1n) is 7.95. The van der Waals surface area contributed by atoms with E-state index in [0.29, 0.717) is 18.6 Å². The molecule has 0 saturated carbocycles. The number of Topliss-reactive ketones (excluding diaryl/α,β-unsaturated/α-hetero) is 1. The van der Waals surface area contributed by atoms with Crippen LogP contribution >= 0.6 is 0 Å². The maximum Gasteiger partial charge on any atom is 0.138 e. The van der Waals surface area contributed by atoms with Crippen molar-refractivity contribution in [2.45, 2.75) is 44.9 Å². The quantitative estimate of drug-likeness (QED) is 0.765. The van der Waals surface area contributed by atoms with Gasteiger partial charge in [0, 0.05) is 18.8 Å². The highest BCUT2D eigenvalue weighted by Gasteiger charge is 2.30. The first-order valence-corrected chi connectivity index (χ1v) is 7.95. The predicted octanol–water partition coefficient (Wildman–Crippen LogP) is 4.13. The van der Waals surface area contributed by atoms with Crippen molar-refractivity contribution in [2.75, 3.05) is 0 Å². The van der Waals surface area contributed by atoms with Crippen molar-refractivity contribution in [3.8, 4) is 0 Å². The van der Waals surface area contributed by atoms with Crippen LogP contribution in [0.25, 0.3) is 0 Å². The SMILES string of the molecule is Cc1c2c(cc3c1C(c1ccccc1)CC(=O)C3)CCC2. The zero-order valence-electron chi connectivity index (χ0n) is 12.5. The molecule has 1 heteroatoms. The normalized spacial score (nSPS) is 20.2. The van der Waals surface area contributed by atoms with Gasteiger partial charge in [-0.15, -0.1) is 0 Å². The highest BCUT2D eigenvalue weighted by Crippen LogP contribution is 2.41. The monoisotopic (exact) mass is 276 g/mol. The van der Waals surface area contributed by atoms with Gasteiger partial charge in [-0.1, -0.05) is 36.4 Å². The fourth-order valence-electron chi connectivity index (χ4n) is 4.26. The molecule has 2 aliphatic rings. The van der Waals surface area contributed by atoms with Crippen molar-refractivity contribution in [1.82, 2.24) is 0 Å². The Bertz CT molecular complexity index is 712. The minimum Gasteiger partial charge on any atom is -0.299 e. The maximum absolute atomic E-state index is 12.2. The van der Waals surface area contributed by atoms with Crippen LogP contribution in [0.3, 0.4) is 0 Å². The fourth-order valence-corrected chi connectivity index (χ4v) is 4.26. The second-order valence-electron chi connectivity index (χ2n) is 6.45. The average Bonchev–Trinajstić information content (AvgIpc) is 2.96. The molecule has 0 aliphatic heterocycles. The summed E-state index contributed by atoms with van der Waals surface area (Å²) in [6, 6.07) is 12.9. The van der Waals surface area contributed by atoms with E-state index in [1.54, 1.807) is 5.56 Å². The molecule has 0 saturated heterocycles. The summed E-state index contributed by atoms with van der Waals surface area (Å²) in [6.45, 7) is 2.27. The van der Waals surface area contributed by atoms with Gasteiger partial charge in [-0.3, -0.25) is 4.79 Å². The molecule has 2 aromatic rings. The van der Waals surface area contributed by atoms with Crippen LogP contribution in [0, 0.1) is 6.92 Å². The van der Waals surface area contributed by atoms with Gasteiger partial charge in [-0.25, -0.2) is 0 Å². The Morgan fingerprint density at radius 2 is 1.86 bits per heavy atom. The van der Waals surface area contributed by atoms with E-state index in [-0.39, 0.29) is 5.92 Å². The molecule has 21 heavy (non-hydrogen) atoms. The Hall–Kier alpha value is -1.89. The second kappa shape index (κ2) is 4.84. The topological polar surface area (TPSA) is 17.1 Å². The Morgan fingerprint density at radius 1 is 1.05 bits per heavy atom. The van der Waals surface area contributed by atoms with Crippen LogP contribution in [-0.2, 0) is 24.1 Å². The maximum atomic E-state index is 12.2. The van der Waals surface area contributed by atoms with Crippen LogP contribution in [0.5, 0.6) is 0 Å². The van der Waals surface area contributed by atoms with Crippen LogP contribution in [-0.4, -0.2) is 5.78 Å². The average molecular weight is 276 g/mol. The molecule has 0 spiro atoms. The molecule has 4 rings (SSSR count). The largest absolute Gasteiger partial charge is 0.299 e. The third kappa shape index (κ3) is 2.03. The molecule has 0 heterocycles. The number of hydrogen-bond acceptors (Lipinski definition) is 1. The van der Waals surface area contributed by atoms with Gasteiger partial charge in [0.15, 0.2) is 0 Å². The van der Waals surface area contributed by atoms with Gasteiger partial charge in [0.05, 0.1) is 0 Å². The standard InChI is InChI=1S/C20H20O/c1-13-18-9-5-8-15(18)10-16-11-17(21)12-19(20(13)16)14-6-3-2-4-7-14/h2-4,6-7,10,19H,5,8-9,11-12H2,1H3. The van der Waals surface area contributed by atoms with E-state index in [1.807, 2.05) is 6.07 Å². The number of ketones is 1. The molecule has 1 atom stereocenters. The Morgan fingerprint density at radius 3 is 2.67 bits per heavy atom. The lowest BCUT2D eigenvalue weighted by Crippen LogP contribution is -2.21. The van der Waals surface area contributed by atoms with E-state index >= 15 is 0 Å². The van der Waals surface area contributed by atoms with E-state index in [2.05, 4.69) is 37.3 Å². The van der Waals surface area contributed by atoms with Crippen LogP contribution < -0.4 is 0 Å². The van der Waals surface area contributed by atoms with Crippen LogP contribution in [0.15, 0.2) is 36.4 Å². The first-order chi connectivity index (χ1) is 10.2. The lowest BCUT2D eigenvalue weighted by Gasteiger charge is -2.29. The van der Waals surface area contributed by atoms with Crippen LogP contribution in [0.4, 0.5) is 0 Å². The third-order valence-corrected chi connectivity index (χ3v) is 5.18. The summed E-state index contributed by atoms with van der Waals surface area (Å²) in [5.74, 6) is 0.641. The third-order valence-electron chi connectivity index (χ3n) is 5.18. The molecule has 1 unspecified atom stereocenters. The Balaban J connectivity index is 1.92. The molecule has 1 nitrogen and oxygen atoms in total. The van der Waals surface area contributed by atoms with Crippen molar-refractivity contribution in [3.05, 3.63) is 69.8 Å². The van der Waals surface area contributed by atoms with Gasteiger partial charge >= 0.3 is 0 Å². The lowest BCUT2D eigenvalue weighted by molar-refractivity contribution is -0.119.